The number of amides is 2. The Balaban J connectivity index is 2.13. The van der Waals surface area contributed by atoms with Crippen LogP contribution in [0.5, 0.6) is 0 Å². The van der Waals surface area contributed by atoms with Crippen molar-refractivity contribution in [2.45, 2.75) is 0 Å². The third-order valence-corrected chi connectivity index (χ3v) is 2.89. The van der Waals surface area contributed by atoms with Crippen molar-refractivity contribution in [3.63, 3.8) is 0 Å². The van der Waals surface area contributed by atoms with Gasteiger partial charge in [0.1, 0.15) is 0 Å². The Morgan fingerprint density at radius 1 is 1.19 bits per heavy atom. The topological polar surface area (TPSA) is 80.3 Å². The molecule has 0 unspecified atom stereocenters. The number of carbonyl (C=O) groups excluding carboxylic acids is 2. The molecular formula is C14H12ClN3O3. The van der Waals surface area contributed by atoms with Crippen LogP contribution in [0, 0.1) is 0 Å². The zero-order valence-corrected chi connectivity index (χ0v) is 11.8. The number of methoxy groups -OCH3 is 1. The van der Waals surface area contributed by atoms with E-state index in [9.17, 15) is 9.59 Å². The van der Waals surface area contributed by atoms with E-state index >= 15 is 0 Å². The van der Waals surface area contributed by atoms with Crippen LogP contribution in [-0.4, -0.2) is 24.1 Å². The summed E-state index contributed by atoms with van der Waals surface area (Å²) in [4.78, 5) is 27.1. The van der Waals surface area contributed by atoms with Crippen LogP contribution < -0.4 is 10.6 Å². The summed E-state index contributed by atoms with van der Waals surface area (Å²) in [6.45, 7) is 0. The van der Waals surface area contributed by atoms with Gasteiger partial charge in [0.2, 0.25) is 0 Å². The van der Waals surface area contributed by atoms with Crippen molar-refractivity contribution in [1.82, 2.24) is 4.98 Å². The second-order valence-electron chi connectivity index (χ2n) is 4.01. The predicted octanol–water partition coefficient (Wildman–Crippen LogP) is 3.17. The Hall–Kier alpha value is -2.60. The molecule has 0 radical (unpaired) electrons. The fourth-order valence-electron chi connectivity index (χ4n) is 1.59. The summed E-state index contributed by atoms with van der Waals surface area (Å²) in [5.41, 5.74) is 1.27. The second kappa shape index (κ2) is 6.71. The van der Waals surface area contributed by atoms with Gasteiger partial charge in [0.25, 0.3) is 5.91 Å². The molecule has 2 amide bonds. The standard InChI is InChI=1S/C14H12ClN3O3/c1-21-14(20)18-10-4-2-3-9(7-10)17-13(19)11-8-16-6-5-12(11)15/h2-8H,1H3,(H,17,19)(H,18,20). The number of nitrogens with one attached hydrogen (secondary N) is 2. The number of halogens is 1. The van der Waals surface area contributed by atoms with Crippen LogP contribution >= 0.6 is 11.6 Å². The summed E-state index contributed by atoms with van der Waals surface area (Å²) < 4.78 is 4.50. The van der Waals surface area contributed by atoms with Crippen molar-refractivity contribution in [2.24, 2.45) is 0 Å². The Kier molecular flexibility index (Phi) is 4.73. The van der Waals surface area contributed by atoms with E-state index < -0.39 is 6.09 Å². The molecule has 0 saturated carbocycles. The second-order valence-corrected chi connectivity index (χ2v) is 4.41. The molecule has 108 valence electrons. The first-order valence-electron chi connectivity index (χ1n) is 5.96. The normalized spacial score (nSPS) is 9.81. The molecule has 0 spiro atoms. The molecule has 1 heterocycles. The van der Waals surface area contributed by atoms with Crippen molar-refractivity contribution in [1.29, 1.82) is 0 Å². The van der Waals surface area contributed by atoms with E-state index in [1.165, 1.54) is 25.6 Å². The van der Waals surface area contributed by atoms with Crippen molar-refractivity contribution in [3.8, 4) is 0 Å². The molecule has 2 rings (SSSR count). The van der Waals surface area contributed by atoms with E-state index in [0.29, 0.717) is 16.4 Å². The summed E-state index contributed by atoms with van der Waals surface area (Å²) in [6.07, 6.45) is 2.29. The molecule has 0 bridgehead atoms. The number of aromatic nitrogens is 1. The van der Waals surface area contributed by atoms with Gasteiger partial charge in [-0.15, -0.1) is 0 Å². The van der Waals surface area contributed by atoms with Gasteiger partial charge >= 0.3 is 6.09 Å². The summed E-state index contributed by atoms with van der Waals surface area (Å²) in [6, 6.07) is 8.17. The van der Waals surface area contributed by atoms with E-state index in [4.69, 9.17) is 11.6 Å². The predicted molar refractivity (Wildman–Crippen MR) is 79.7 cm³/mol. The van der Waals surface area contributed by atoms with Gasteiger partial charge in [-0.25, -0.2) is 4.79 Å². The number of ether oxygens (including phenoxy) is 1. The molecule has 1 aromatic heterocycles. The van der Waals surface area contributed by atoms with Crippen LogP contribution in [0.25, 0.3) is 0 Å². The molecule has 7 heteroatoms. The molecule has 21 heavy (non-hydrogen) atoms. The van der Waals surface area contributed by atoms with Gasteiger partial charge in [0.15, 0.2) is 0 Å². The molecule has 0 aliphatic heterocycles. The molecule has 0 fully saturated rings. The molecule has 6 nitrogen and oxygen atoms in total. The Morgan fingerprint density at radius 3 is 2.57 bits per heavy atom. The third kappa shape index (κ3) is 3.93. The molecule has 0 aliphatic rings. The van der Waals surface area contributed by atoms with E-state index in [0.717, 1.165) is 0 Å². The van der Waals surface area contributed by atoms with Crippen LogP contribution in [0.4, 0.5) is 16.2 Å². The molecule has 2 N–H and O–H groups in total. The first-order valence-corrected chi connectivity index (χ1v) is 6.34. The van der Waals surface area contributed by atoms with E-state index in [2.05, 4.69) is 20.4 Å². The number of hydrogen-bond acceptors (Lipinski definition) is 4. The molecule has 1 aromatic carbocycles. The van der Waals surface area contributed by atoms with Crippen LogP contribution in [0.3, 0.4) is 0 Å². The largest absolute Gasteiger partial charge is 0.453 e. The maximum absolute atomic E-state index is 12.1. The van der Waals surface area contributed by atoms with Gasteiger partial charge in [-0.05, 0) is 24.3 Å². The highest BCUT2D eigenvalue weighted by Gasteiger charge is 2.11. The van der Waals surface area contributed by atoms with Crippen molar-refractivity contribution < 1.29 is 14.3 Å². The van der Waals surface area contributed by atoms with Crippen LogP contribution in [-0.2, 0) is 4.74 Å². The highest BCUT2D eigenvalue weighted by atomic mass is 35.5. The zero-order chi connectivity index (χ0) is 15.2. The summed E-state index contributed by atoms with van der Waals surface area (Å²) >= 11 is 5.93. The van der Waals surface area contributed by atoms with E-state index in [1.54, 1.807) is 24.3 Å². The molecule has 0 aliphatic carbocycles. The minimum atomic E-state index is -0.589. The number of benzene rings is 1. The third-order valence-electron chi connectivity index (χ3n) is 2.56. The van der Waals surface area contributed by atoms with Crippen molar-refractivity contribution in [3.05, 3.63) is 53.3 Å². The first kappa shape index (κ1) is 14.8. The number of rotatable bonds is 3. The zero-order valence-electron chi connectivity index (χ0n) is 11.1. The first-order chi connectivity index (χ1) is 10.1. The minimum absolute atomic E-state index is 0.269. The lowest BCUT2D eigenvalue weighted by molar-refractivity contribution is 0.102. The number of nitrogens with zero attached hydrogens (tertiary/aromatic N) is 1. The molecule has 0 saturated heterocycles. The smallest absolute Gasteiger partial charge is 0.411 e. The number of anilines is 2. The van der Waals surface area contributed by atoms with Gasteiger partial charge in [-0.2, -0.15) is 0 Å². The van der Waals surface area contributed by atoms with Gasteiger partial charge < -0.3 is 10.1 Å². The highest BCUT2D eigenvalue weighted by Crippen LogP contribution is 2.18. The van der Waals surface area contributed by atoms with Crippen LogP contribution in [0.1, 0.15) is 10.4 Å². The average Bonchev–Trinajstić information content (AvgIpc) is 2.47. The highest BCUT2D eigenvalue weighted by molar-refractivity contribution is 6.34. The summed E-state index contributed by atoms with van der Waals surface area (Å²) in [7, 11) is 1.27. The molecule has 2 aromatic rings. The SMILES string of the molecule is COC(=O)Nc1cccc(NC(=O)c2cnccc2Cl)c1. The summed E-state index contributed by atoms with van der Waals surface area (Å²) in [5.74, 6) is -0.386. The quantitative estimate of drug-likeness (QED) is 0.912. The lowest BCUT2D eigenvalue weighted by Crippen LogP contribution is -2.14. The fraction of sp³-hybridized carbons (Fsp3) is 0.0714. The number of hydrogen-bond donors (Lipinski definition) is 2. The maximum atomic E-state index is 12.1. The monoisotopic (exact) mass is 305 g/mol. The van der Waals surface area contributed by atoms with Crippen molar-refractivity contribution >= 4 is 35.0 Å². The Morgan fingerprint density at radius 2 is 1.90 bits per heavy atom. The van der Waals surface area contributed by atoms with Gasteiger partial charge in [-0.1, -0.05) is 17.7 Å². The van der Waals surface area contributed by atoms with Crippen LogP contribution in [0.15, 0.2) is 42.7 Å². The average molecular weight is 306 g/mol. The van der Waals surface area contributed by atoms with E-state index in [1.807, 2.05) is 0 Å². The number of pyridine rings is 1. The fourth-order valence-corrected chi connectivity index (χ4v) is 1.78. The van der Waals surface area contributed by atoms with E-state index in [-0.39, 0.29) is 11.5 Å². The van der Waals surface area contributed by atoms with Gasteiger partial charge in [-0.3, -0.25) is 15.1 Å². The number of carbonyl (C=O) groups is 2. The van der Waals surface area contributed by atoms with Crippen LogP contribution in [0.2, 0.25) is 5.02 Å². The van der Waals surface area contributed by atoms with Gasteiger partial charge in [0, 0.05) is 23.8 Å². The van der Waals surface area contributed by atoms with Crippen molar-refractivity contribution in [2.75, 3.05) is 17.7 Å². The maximum Gasteiger partial charge on any atom is 0.411 e. The Labute approximate surface area is 126 Å². The lowest BCUT2D eigenvalue weighted by atomic mass is 10.2. The molecular weight excluding hydrogens is 294 g/mol. The summed E-state index contributed by atoms with van der Waals surface area (Å²) in [5, 5.41) is 5.49. The lowest BCUT2D eigenvalue weighted by Gasteiger charge is -2.08. The van der Waals surface area contributed by atoms with Gasteiger partial charge in [0.05, 0.1) is 17.7 Å². The Bertz CT molecular complexity index is 676. The minimum Gasteiger partial charge on any atom is -0.453 e. The molecule has 0 atom stereocenters.